The number of hydrogen-bond donors (Lipinski definition) is 1. The van der Waals surface area contributed by atoms with Crippen molar-refractivity contribution in [3.8, 4) is 0 Å². The van der Waals surface area contributed by atoms with Crippen molar-refractivity contribution in [2.75, 3.05) is 13.1 Å². The van der Waals surface area contributed by atoms with Crippen LogP contribution in [0.3, 0.4) is 0 Å². The number of allylic oxidation sites excluding steroid dienone is 2. The third kappa shape index (κ3) is 1.87. The molecule has 2 rings (SSSR count). The van der Waals surface area contributed by atoms with Crippen LogP contribution in [0.5, 0.6) is 0 Å². The first kappa shape index (κ1) is 9.46. The molecule has 3 heteroatoms. The van der Waals surface area contributed by atoms with Crippen molar-refractivity contribution in [3.05, 3.63) is 23.9 Å². The molecule has 3 nitrogen and oxygen atoms in total. The van der Waals surface area contributed by atoms with Gasteiger partial charge >= 0.3 is 0 Å². The molecular formula is C11H16N2O. The van der Waals surface area contributed by atoms with E-state index in [2.05, 4.69) is 17.1 Å². The third-order valence-corrected chi connectivity index (χ3v) is 2.95. The van der Waals surface area contributed by atoms with E-state index in [9.17, 15) is 4.79 Å². The summed E-state index contributed by atoms with van der Waals surface area (Å²) in [5.41, 5.74) is 1.15. The summed E-state index contributed by atoms with van der Waals surface area (Å²) in [6.45, 7) is 4.35. The quantitative estimate of drug-likeness (QED) is 0.668. The highest BCUT2D eigenvalue weighted by atomic mass is 16.1. The first-order valence-corrected chi connectivity index (χ1v) is 5.13. The molecule has 1 saturated heterocycles. The van der Waals surface area contributed by atoms with Crippen LogP contribution in [0.15, 0.2) is 23.9 Å². The van der Waals surface area contributed by atoms with Crippen LogP contribution in [0.25, 0.3) is 0 Å². The van der Waals surface area contributed by atoms with Crippen molar-refractivity contribution < 1.29 is 4.79 Å². The maximum absolute atomic E-state index is 10.6. The van der Waals surface area contributed by atoms with Crippen molar-refractivity contribution in [3.63, 3.8) is 0 Å². The van der Waals surface area contributed by atoms with E-state index in [1.807, 2.05) is 18.2 Å². The normalized spacial score (nSPS) is 31.6. The van der Waals surface area contributed by atoms with Gasteiger partial charge in [-0.1, -0.05) is 12.2 Å². The van der Waals surface area contributed by atoms with E-state index in [-0.39, 0.29) is 6.04 Å². The largest absolute Gasteiger partial charge is 0.375 e. The number of aldehydes is 1. The van der Waals surface area contributed by atoms with E-state index >= 15 is 0 Å². The number of rotatable bonds is 3. The van der Waals surface area contributed by atoms with E-state index in [1.54, 1.807) is 0 Å². The number of hydrogen-bond acceptors (Lipinski definition) is 3. The van der Waals surface area contributed by atoms with Crippen LogP contribution in [-0.2, 0) is 4.79 Å². The molecule has 2 atom stereocenters. The second kappa shape index (κ2) is 3.96. The van der Waals surface area contributed by atoms with Crippen LogP contribution in [-0.4, -0.2) is 36.4 Å². The van der Waals surface area contributed by atoms with Crippen LogP contribution in [0.2, 0.25) is 0 Å². The zero-order chi connectivity index (χ0) is 9.97. The van der Waals surface area contributed by atoms with Gasteiger partial charge in [-0.3, -0.25) is 4.90 Å². The third-order valence-electron chi connectivity index (χ3n) is 2.95. The van der Waals surface area contributed by atoms with Crippen molar-refractivity contribution >= 4 is 6.29 Å². The minimum atomic E-state index is -0.133. The molecule has 2 aliphatic heterocycles. The lowest BCUT2D eigenvalue weighted by Crippen LogP contribution is -2.48. The first-order chi connectivity index (χ1) is 6.79. The van der Waals surface area contributed by atoms with Crippen LogP contribution in [0.1, 0.15) is 13.3 Å². The summed E-state index contributed by atoms with van der Waals surface area (Å²) in [6, 6.07) is 0.560. The lowest BCUT2D eigenvalue weighted by molar-refractivity contribution is -0.108. The minimum absolute atomic E-state index is 0.133. The molecule has 1 fully saturated rings. The summed E-state index contributed by atoms with van der Waals surface area (Å²) < 4.78 is 0. The molecule has 0 amide bonds. The number of nitrogens with zero attached hydrogens (tertiary/aromatic N) is 1. The van der Waals surface area contributed by atoms with E-state index in [1.165, 1.54) is 13.0 Å². The average Bonchev–Trinajstić information content (AvgIpc) is 2.24. The number of likely N-dealkylation sites (tertiary alicyclic amines) is 1. The van der Waals surface area contributed by atoms with Gasteiger partial charge < -0.3 is 10.1 Å². The molecule has 76 valence electrons. The average molecular weight is 192 g/mol. The molecule has 0 radical (unpaired) electrons. The topological polar surface area (TPSA) is 32.3 Å². The van der Waals surface area contributed by atoms with Crippen molar-refractivity contribution in [1.82, 2.24) is 10.2 Å². The maximum atomic E-state index is 10.6. The highest BCUT2D eigenvalue weighted by molar-refractivity contribution is 5.62. The van der Waals surface area contributed by atoms with Crippen LogP contribution in [0, 0.1) is 0 Å². The van der Waals surface area contributed by atoms with Crippen molar-refractivity contribution in [2.24, 2.45) is 0 Å². The predicted molar refractivity (Wildman–Crippen MR) is 55.9 cm³/mol. The fourth-order valence-corrected chi connectivity index (χ4v) is 1.80. The minimum Gasteiger partial charge on any atom is -0.375 e. The van der Waals surface area contributed by atoms with E-state index in [4.69, 9.17) is 0 Å². The van der Waals surface area contributed by atoms with Gasteiger partial charge in [-0.05, 0) is 19.4 Å². The Hall–Kier alpha value is -1.09. The number of carbonyl (C=O) groups is 1. The van der Waals surface area contributed by atoms with Crippen LogP contribution >= 0.6 is 0 Å². The molecule has 14 heavy (non-hydrogen) atoms. The molecular weight excluding hydrogens is 176 g/mol. The Morgan fingerprint density at radius 1 is 1.71 bits per heavy atom. The molecule has 0 aromatic carbocycles. The molecule has 2 unspecified atom stereocenters. The van der Waals surface area contributed by atoms with Gasteiger partial charge in [0.25, 0.3) is 0 Å². The van der Waals surface area contributed by atoms with Gasteiger partial charge in [-0.25, -0.2) is 0 Å². The Morgan fingerprint density at radius 3 is 3.14 bits per heavy atom. The van der Waals surface area contributed by atoms with Crippen molar-refractivity contribution in [2.45, 2.75) is 25.4 Å². The highest BCUT2D eigenvalue weighted by Crippen LogP contribution is 2.17. The van der Waals surface area contributed by atoms with Crippen LogP contribution in [0.4, 0.5) is 0 Å². The summed E-state index contributed by atoms with van der Waals surface area (Å²) >= 11 is 0. The Morgan fingerprint density at radius 2 is 2.57 bits per heavy atom. The summed E-state index contributed by atoms with van der Waals surface area (Å²) in [5.74, 6) is 0. The first-order valence-electron chi connectivity index (χ1n) is 5.13. The van der Waals surface area contributed by atoms with Gasteiger partial charge in [0.1, 0.15) is 12.3 Å². The second-order valence-electron chi connectivity index (χ2n) is 3.99. The zero-order valence-electron chi connectivity index (χ0n) is 8.44. The zero-order valence-corrected chi connectivity index (χ0v) is 8.44. The fraction of sp³-hybridized carbons (Fsp3) is 0.545. The standard InChI is InChI=1S/C11H16N2O/c1-9-5-6-13(9)7-10-3-2-4-11(8-14)12-10/h2-4,8-9,11-12H,5-7H2,1H3. The van der Waals surface area contributed by atoms with Gasteiger partial charge in [0.15, 0.2) is 0 Å². The summed E-state index contributed by atoms with van der Waals surface area (Å²) in [4.78, 5) is 13.0. The smallest absolute Gasteiger partial charge is 0.146 e. The SMILES string of the molecule is CC1CCN1CC1=CC=CC(C=O)N1. The number of carbonyl (C=O) groups excluding carboxylic acids is 1. The van der Waals surface area contributed by atoms with Gasteiger partial charge in [0.05, 0.1) is 0 Å². The van der Waals surface area contributed by atoms with Crippen LogP contribution < -0.4 is 5.32 Å². The Bertz CT molecular complexity index is 283. The molecule has 0 spiro atoms. The number of dihydropyridines is 1. The highest BCUT2D eigenvalue weighted by Gasteiger charge is 2.24. The molecule has 2 aliphatic rings. The molecule has 0 aromatic rings. The Labute approximate surface area is 84.5 Å². The van der Waals surface area contributed by atoms with Gasteiger partial charge in [-0.2, -0.15) is 0 Å². The lowest BCUT2D eigenvalue weighted by Gasteiger charge is -2.39. The molecule has 1 N–H and O–H groups in total. The van der Waals surface area contributed by atoms with E-state index in [0.717, 1.165) is 18.5 Å². The molecule has 0 aromatic heterocycles. The molecule has 0 saturated carbocycles. The summed E-state index contributed by atoms with van der Waals surface area (Å²) in [6.07, 6.45) is 8.10. The molecule has 0 bridgehead atoms. The van der Waals surface area contributed by atoms with Gasteiger partial charge in [0, 0.05) is 24.8 Å². The predicted octanol–water partition coefficient (Wildman–Crippen LogP) is 0.691. The fourth-order valence-electron chi connectivity index (χ4n) is 1.80. The molecule has 0 aliphatic carbocycles. The summed E-state index contributed by atoms with van der Waals surface area (Å²) in [7, 11) is 0. The summed E-state index contributed by atoms with van der Waals surface area (Å²) in [5, 5.41) is 3.19. The lowest BCUT2D eigenvalue weighted by atomic mass is 10.0. The monoisotopic (exact) mass is 192 g/mol. The number of nitrogens with one attached hydrogen (secondary N) is 1. The Kier molecular flexibility index (Phi) is 2.68. The second-order valence-corrected chi connectivity index (χ2v) is 3.99. The van der Waals surface area contributed by atoms with Gasteiger partial charge in [-0.15, -0.1) is 0 Å². The van der Waals surface area contributed by atoms with E-state index in [0.29, 0.717) is 6.04 Å². The Balaban J connectivity index is 1.89. The van der Waals surface area contributed by atoms with Crippen molar-refractivity contribution in [1.29, 1.82) is 0 Å². The van der Waals surface area contributed by atoms with E-state index < -0.39 is 0 Å². The maximum Gasteiger partial charge on any atom is 0.146 e. The molecule has 2 heterocycles. The van der Waals surface area contributed by atoms with Gasteiger partial charge in [0.2, 0.25) is 0 Å².